The second-order valence-corrected chi connectivity index (χ2v) is 3.20. The zero-order valence-corrected chi connectivity index (χ0v) is 8.64. The van der Waals surface area contributed by atoms with Crippen molar-refractivity contribution < 1.29 is 9.15 Å². The summed E-state index contributed by atoms with van der Waals surface area (Å²) in [6.45, 7) is 2.71. The summed E-state index contributed by atoms with van der Waals surface area (Å²) in [5.41, 5.74) is 0.962. The van der Waals surface area contributed by atoms with E-state index >= 15 is 0 Å². The Bertz CT molecular complexity index is 409. The number of rotatable bonds is 4. The normalized spacial score (nSPS) is 10.2. The van der Waals surface area contributed by atoms with Crippen LogP contribution in [0.4, 0.5) is 0 Å². The number of nitrogens with zero attached hydrogens (tertiary/aromatic N) is 1. The maximum Gasteiger partial charge on any atom is 0.305 e. The highest BCUT2D eigenvalue weighted by atomic mass is 16.6. The van der Waals surface area contributed by atoms with Crippen LogP contribution in [0.5, 0.6) is 5.95 Å². The molecule has 0 atom stereocenters. The Hall–Kier alpha value is -1.77. The molecule has 0 fully saturated rings. The van der Waals surface area contributed by atoms with E-state index in [1.165, 1.54) is 0 Å². The Morgan fingerprint density at radius 3 is 2.80 bits per heavy atom. The van der Waals surface area contributed by atoms with Gasteiger partial charge in [0.25, 0.3) is 0 Å². The lowest BCUT2D eigenvalue weighted by Gasteiger charge is -1.97. The molecular weight excluding hydrogens is 190 g/mol. The summed E-state index contributed by atoms with van der Waals surface area (Å²) in [4.78, 5) is 4.15. The Morgan fingerprint density at radius 1 is 1.27 bits per heavy atom. The third-order valence-corrected chi connectivity index (χ3v) is 1.95. The molecule has 2 rings (SSSR count). The average Bonchev–Trinajstić information content (AvgIpc) is 2.76. The Balaban J connectivity index is 2.14. The highest BCUT2D eigenvalue weighted by molar-refractivity contribution is 5.52. The molecule has 0 saturated carbocycles. The second kappa shape index (κ2) is 4.64. The van der Waals surface area contributed by atoms with Gasteiger partial charge in [-0.2, -0.15) is 0 Å². The van der Waals surface area contributed by atoms with Crippen LogP contribution in [0.1, 0.15) is 13.3 Å². The first-order chi connectivity index (χ1) is 7.40. The number of oxazole rings is 1. The Kier molecular flexibility index (Phi) is 3.02. The molecule has 0 saturated heterocycles. The molecule has 15 heavy (non-hydrogen) atoms. The fraction of sp³-hybridized carbons (Fsp3) is 0.250. The highest BCUT2D eigenvalue weighted by Crippen LogP contribution is 2.22. The van der Waals surface area contributed by atoms with Gasteiger partial charge in [0.1, 0.15) is 6.20 Å². The van der Waals surface area contributed by atoms with Gasteiger partial charge in [0.15, 0.2) is 0 Å². The largest absolute Gasteiger partial charge is 0.464 e. The highest BCUT2D eigenvalue weighted by Gasteiger charge is 2.05. The van der Waals surface area contributed by atoms with E-state index in [0.29, 0.717) is 18.4 Å². The molecule has 1 heterocycles. The molecule has 3 nitrogen and oxygen atoms in total. The number of hydrogen-bond donors (Lipinski definition) is 0. The fourth-order valence-corrected chi connectivity index (χ4v) is 1.24. The van der Waals surface area contributed by atoms with Gasteiger partial charge in [-0.15, -0.1) is 0 Å². The van der Waals surface area contributed by atoms with Crippen molar-refractivity contribution in [3.05, 3.63) is 36.5 Å². The molecule has 0 unspecified atom stereocenters. The van der Waals surface area contributed by atoms with Gasteiger partial charge in [0.2, 0.25) is 5.89 Å². The first-order valence-corrected chi connectivity index (χ1v) is 5.04. The summed E-state index contributed by atoms with van der Waals surface area (Å²) in [5.74, 6) is 1.08. The minimum Gasteiger partial charge on any atom is -0.464 e. The third kappa shape index (κ3) is 2.37. The van der Waals surface area contributed by atoms with E-state index in [1.807, 2.05) is 30.3 Å². The lowest BCUT2D eigenvalue weighted by atomic mass is 10.2. The molecule has 0 aliphatic heterocycles. The van der Waals surface area contributed by atoms with Crippen molar-refractivity contribution in [1.29, 1.82) is 0 Å². The van der Waals surface area contributed by atoms with Gasteiger partial charge < -0.3 is 9.15 Å². The number of aromatic nitrogens is 1. The first-order valence-electron chi connectivity index (χ1n) is 5.04. The van der Waals surface area contributed by atoms with E-state index in [-0.39, 0.29) is 0 Å². The maximum atomic E-state index is 5.44. The summed E-state index contributed by atoms with van der Waals surface area (Å²) >= 11 is 0. The monoisotopic (exact) mass is 203 g/mol. The standard InChI is InChI=1S/C12H13NO2/c1-2-8-14-11-9-13-12(15-11)10-6-4-3-5-7-10/h3-7,9H,2,8H2,1H3. The summed E-state index contributed by atoms with van der Waals surface area (Å²) < 4.78 is 10.8. The molecule has 1 aromatic heterocycles. The van der Waals surface area contributed by atoms with Crippen LogP contribution in [0.2, 0.25) is 0 Å². The van der Waals surface area contributed by atoms with E-state index in [2.05, 4.69) is 11.9 Å². The SMILES string of the molecule is CCCOc1cnc(-c2ccccc2)o1. The van der Waals surface area contributed by atoms with Gasteiger partial charge in [-0.1, -0.05) is 25.1 Å². The van der Waals surface area contributed by atoms with Crippen LogP contribution >= 0.6 is 0 Å². The van der Waals surface area contributed by atoms with Gasteiger partial charge in [-0.25, -0.2) is 4.98 Å². The molecule has 0 spiro atoms. The van der Waals surface area contributed by atoms with Crippen molar-refractivity contribution in [1.82, 2.24) is 4.98 Å². The molecule has 3 heteroatoms. The van der Waals surface area contributed by atoms with Crippen molar-refractivity contribution in [2.24, 2.45) is 0 Å². The van der Waals surface area contributed by atoms with Gasteiger partial charge in [-0.3, -0.25) is 0 Å². The van der Waals surface area contributed by atoms with Crippen molar-refractivity contribution in [2.75, 3.05) is 6.61 Å². The minimum atomic E-state index is 0.482. The van der Waals surface area contributed by atoms with E-state index in [1.54, 1.807) is 6.20 Å². The van der Waals surface area contributed by atoms with Crippen LogP contribution in [-0.2, 0) is 0 Å². The van der Waals surface area contributed by atoms with Gasteiger partial charge in [0.05, 0.1) is 6.61 Å². The summed E-state index contributed by atoms with van der Waals surface area (Å²) in [5, 5.41) is 0. The zero-order chi connectivity index (χ0) is 10.5. The molecule has 0 N–H and O–H groups in total. The lowest BCUT2D eigenvalue weighted by molar-refractivity contribution is 0.246. The molecule has 0 aliphatic carbocycles. The van der Waals surface area contributed by atoms with Crippen LogP contribution in [0.25, 0.3) is 11.5 Å². The van der Waals surface area contributed by atoms with Crippen molar-refractivity contribution in [3.8, 4) is 17.4 Å². The summed E-state index contributed by atoms with van der Waals surface area (Å²) in [6.07, 6.45) is 2.57. The molecule has 2 aromatic rings. The van der Waals surface area contributed by atoms with Gasteiger partial charge in [-0.05, 0) is 18.6 Å². The number of ether oxygens (including phenoxy) is 1. The topological polar surface area (TPSA) is 35.3 Å². The number of benzene rings is 1. The average molecular weight is 203 g/mol. The Morgan fingerprint density at radius 2 is 2.07 bits per heavy atom. The molecule has 1 aromatic carbocycles. The second-order valence-electron chi connectivity index (χ2n) is 3.20. The van der Waals surface area contributed by atoms with Crippen LogP contribution in [-0.4, -0.2) is 11.6 Å². The Labute approximate surface area is 88.7 Å². The fourth-order valence-electron chi connectivity index (χ4n) is 1.24. The van der Waals surface area contributed by atoms with Gasteiger partial charge in [0, 0.05) is 5.56 Å². The first kappa shape index (κ1) is 9.77. The third-order valence-electron chi connectivity index (χ3n) is 1.95. The quantitative estimate of drug-likeness (QED) is 0.765. The van der Waals surface area contributed by atoms with Crippen LogP contribution < -0.4 is 4.74 Å². The van der Waals surface area contributed by atoms with Gasteiger partial charge >= 0.3 is 5.95 Å². The number of hydrogen-bond acceptors (Lipinski definition) is 3. The summed E-state index contributed by atoms with van der Waals surface area (Å²) in [7, 11) is 0. The lowest BCUT2D eigenvalue weighted by Crippen LogP contribution is -1.92. The maximum absolute atomic E-state index is 5.44. The molecule has 0 radical (unpaired) electrons. The van der Waals surface area contributed by atoms with E-state index in [4.69, 9.17) is 9.15 Å². The smallest absolute Gasteiger partial charge is 0.305 e. The van der Waals surface area contributed by atoms with E-state index in [0.717, 1.165) is 12.0 Å². The van der Waals surface area contributed by atoms with Crippen molar-refractivity contribution in [3.63, 3.8) is 0 Å². The molecular formula is C12H13NO2. The van der Waals surface area contributed by atoms with Crippen LogP contribution in [0.15, 0.2) is 40.9 Å². The molecule has 0 bridgehead atoms. The van der Waals surface area contributed by atoms with Crippen LogP contribution in [0, 0.1) is 0 Å². The molecule has 78 valence electrons. The van der Waals surface area contributed by atoms with E-state index in [9.17, 15) is 0 Å². The molecule has 0 amide bonds. The predicted octanol–water partition coefficient (Wildman–Crippen LogP) is 3.13. The minimum absolute atomic E-state index is 0.482. The van der Waals surface area contributed by atoms with Crippen molar-refractivity contribution >= 4 is 0 Å². The zero-order valence-electron chi connectivity index (χ0n) is 8.64. The van der Waals surface area contributed by atoms with E-state index < -0.39 is 0 Å². The van der Waals surface area contributed by atoms with Crippen LogP contribution in [0.3, 0.4) is 0 Å². The summed E-state index contributed by atoms with van der Waals surface area (Å²) in [6, 6.07) is 9.77. The van der Waals surface area contributed by atoms with Crippen molar-refractivity contribution in [2.45, 2.75) is 13.3 Å². The molecule has 0 aliphatic rings. The predicted molar refractivity (Wildman–Crippen MR) is 57.7 cm³/mol.